The lowest BCUT2D eigenvalue weighted by atomic mass is 9.94. The fourth-order valence-electron chi connectivity index (χ4n) is 4.73. The molecule has 0 aromatic heterocycles. The van der Waals surface area contributed by atoms with Crippen LogP contribution in [0.4, 0.5) is 0 Å². The summed E-state index contributed by atoms with van der Waals surface area (Å²) in [7, 11) is 4.10. The third-order valence-corrected chi connectivity index (χ3v) is 8.59. The van der Waals surface area contributed by atoms with Crippen LogP contribution in [0.1, 0.15) is 48.8 Å². The highest BCUT2D eigenvalue weighted by molar-refractivity contribution is 8.13. The molecule has 4 heteroatoms. The number of nitrogens with zero attached hydrogens (tertiary/aromatic N) is 2. The van der Waals surface area contributed by atoms with E-state index in [9.17, 15) is 0 Å². The van der Waals surface area contributed by atoms with E-state index in [0.29, 0.717) is 0 Å². The Kier molecular flexibility index (Phi) is 14.1. The lowest BCUT2D eigenvalue weighted by molar-refractivity contribution is 0.320. The van der Waals surface area contributed by atoms with Crippen molar-refractivity contribution in [3.8, 4) is 0 Å². The van der Waals surface area contributed by atoms with Crippen molar-refractivity contribution in [2.45, 2.75) is 56.7 Å². The molecule has 1 atom stereocenters. The molecular formula is C37H47N3S. The van der Waals surface area contributed by atoms with Gasteiger partial charge in [0.1, 0.15) is 0 Å². The van der Waals surface area contributed by atoms with Gasteiger partial charge >= 0.3 is 0 Å². The summed E-state index contributed by atoms with van der Waals surface area (Å²) in [4.78, 5) is 7.40. The number of hydrogen-bond donors (Lipinski definition) is 1. The second kappa shape index (κ2) is 18.0. The molecule has 1 unspecified atom stereocenters. The Bertz CT molecular complexity index is 1230. The topological polar surface area (TPSA) is 27.6 Å². The number of nitrogens with one attached hydrogen (secondary N) is 1. The van der Waals surface area contributed by atoms with E-state index in [0.717, 1.165) is 68.6 Å². The Morgan fingerprint density at radius 3 is 1.98 bits per heavy atom. The SMILES string of the molecule is C=C(CCC(=C)C(Cc1ccccc1)N(C)C(=C)CCC/C(=N\CCc1ccccc1)SCc1ccccc1)NC. The molecule has 0 saturated heterocycles. The molecule has 0 radical (unpaired) electrons. The molecule has 0 bridgehead atoms. The van der Waals surface area contributed by atoms with Gasteiger partial charge in [-0.05, 0) is 61.6 Å². The van der Waals surface area contributed by atoms with E-state index in [1.54, 1.807) is 0 Å². The second-order valence-electron chi connectivity index (χ2n) is 10.5. The highest BCUT2D eigenvalue weighted by Gasteiger charge is 2.20. The summed E-state index contributed by atoms with van der Waals surface area (Å²) in [6.07, 6.45) is 6.60. The van der Waals surface area contributed by atoms with Crippen LogP contribution < -0.4 is 5.32 Å². The number of rotatable bonds is 18. The van der Waals surface area contributed by atoms with E-state index in [2.05, 4.69) is 128 Å². The van der Waals surface area contributed by atoms with E-state index in [1.807, 2.05) is 18.8 Å². The van der Waals surface area contributed by atoms with E-state index < -0.39 is 0 Å². The number of allylic oxidation sites excluding steroid dienone is 2. The van der Waals surface area contributed by atoms with Crippen LogP contribution in [0, 0.1) is 0 Å². The maximum atomic E-state index is 5.05. The van der Waals surface area contributed by atoms with Gasteiger partial charge in [-0.3, -0.25) is 4.99 Å². The number of thioether (sulfide) groups is 1. The third-order valence-electron chi connectivity index (χ3n) is 7.45. The van der Waals surface area contributed by atoms with E-state index in [4.69, 9.17) is 4.99 Å². The van der Waals surface area contributed by atoms with Crippen molar-refractivity contribution >= 4 is 16.8 Å². The summed E-state index contributed by atoms with van der Waals surface area (Å²) < 4.78 is 0. The van der Waals surface area contributed by atoms with Gasteiger partial charge in [0, 0.05) is 37.8 Å². The minimum absolute atomic E-state index is 0.195. The predicted molar refractivity (Wildman–Crippen MR) is 181 cm³/mol. The monoisotopic (exact) mass is 565 g/mol. The highest BCUT2D eigenvalue weighted by atomic mass is 32.2. The first-order valence-corrected chi connectivity index (χ1v) is 15.7. The smallest absolute Gasteiger partial charge is 0.0679 e. The van der Waals surface area contributed by atoms with Gasteiger partial charge in [0.15, 0.2) is 0 Å². The standard InChI is InChI=1S/C37H47N3S/c1-30(24-25-31(2)38-4)36(28-34-19-11-7-12-20-34)40(5)32(3)16-15-23-37(41-29-35-21-13-8-14-22-35)39-27-26-33-17-9-6-10-18-33/h6-14,17-22,36,38H,1-3,15-16,23-29H2,4-5H3/b39-37+. The molecule has 0 aliphatic heterocycles. The fraction of sp³-hybridized carbons (Fsp3) is 0.324. The first-order chi connectivity index (χ1) is 20.0. The van der Waals surface area contributed by atoms with Crippen LogP contribution in [0.25, 0.3) is 0 Å². The van der Waals surface area contributed by atoms with Crippen LogP contribution in [0.3, 0.4) is 0 Å². The summed E-state index contributed by atoms with van der Waals surface area (Å²) >= 11 is 1.87. The van der Waals surface area contributed by atoms with Crippen molar-refractivity contribution in [2.24, 2.45) is 4.99 Å². The maximum absolute atomic E-state index is 5.05. The van der Waals surface area contributed by atoms with Gasteiger partial charge in [0.25, 0.3) is 0 Å². The quantitative estimate of drug-likeness (QED) is 0.0948. The zero-order valence-corrected chi connectivity index (χ0v) is 25.8. The normalized spacial score (nSPS) is 12.0. The molecule has 41 heavy (non-hydrogen) atoms. The first-order valence-electron chi connectivity index (χ1n) is 14.7. The molecule has 3 aromatic carbocycles. The van der Waals surface area contributed by atoms with Crippen molar-refractivity contribution in [1.82, 2.24) is 10.2 Å². The molecule has 3 aromatic rings. The van der Waals surface area contributed by atoms with Crippen molar-refractivity contribution < 1.29 is 0 Å². The molecule has 0 aliphatic rings. The van der Waals surface area contributed by atoms with Gasteiger partial charge in [-0.1, -0.05) is 116 Å². The molecule has 0 spiro atoms. The predicted octanol–water partition coefficient (Wildman–Crippen LogP) is 8.86. The van der Waals surface area contributed by atoms with E-state index >= 15 is 0 Å². The summed E-state index contributed by atoms with van der Waals surface area (Å²) in [6, 6.07) is 32.2. The summed E-state index contributed by atoms with van der Waals surface area (Å²) in [5, 5.41) is 4.40. The van der Waals surface area contributed by atoms with Gasteiger partial charge < -0.3 is 10.2 Å². The zero-order valence-electron chi connectivity index (χ0n) is 25.0. The fourth-order valence-corrected chi connectivity index (χ4v) is 5.73. The lowest BCUT2D eigenvalue weighted by Crippen LogP contribution is -2.34. The highest BCUT2D eigenvalue weighted by Crippen LogP contribution is 2.25. The second-order valence-corrected chi connectivity index (χ2v) is 11.6. The molecule has 0 amide bonds. The summed E-state index contributed by atoms with van der Waals surface area (Å²) in [5.74, 6) is 0.947. The number of benzene rings is 3. The van der Waals surface area contributed by atoms with Gasteiger partial charge in [0.05, 0.1) is 11.1 Å². The molecule has 0 saturated carbocycles. The van der Waals surface area contributed by atoms with Gasteiger partial charge in [0.2, 0.25) is 0 Å². The van der Waals surface area contributed by atoms with Crippen LogP contribution in [-0.2, 0) is 18.6 Å². The van der Waals surface area contributed by atoms with E-state index in [-0.39, 0.29) is 6.04 Å². The molecule has 216 valence electrons. The largest absolute Gasteiger partial charge is 0.392 e. The summed E-state index contributed by atoms with van der Waals surface area (Å²) in [6.45, 7) is 13.9. The Morgan fingerprint density at radius 1 is 0.780 bits per heavy atom. The number of aliphatic imine (C=N–C) groups is 1. The number of hydrogen-bond acceptors (Lipinski definition) is 4. The van der Waals surface area contributed by atoms with Gasteiger partial charge in [-0.25, -0.2) is 0 Å². The summed E-state index contributed by atoms with van der Waals surface area (Å²) in [5.41, 5.74) is 7.39. The van der Waals surface area contributed by atoms with Crippen molar-refractivity contribution in [3.63, 3.8) is 0 Å². The van der Waals surface area contributed by atoms with Gasteiger partial charge in [-0.2, -0.15) is 0 Å². The molecule has 1 N–H and O–H groups in total. The first kappa shape index (κ1) is 32.0. The zero-order chi connectivity index (χ0) is 29.3. The number of likely N-dealkylation sites (N-methyl/N-ethyl adjacent to an activating group) is 1. The molecule has 3 rings (SSSR count). The Hall–Kier alpha value is -3.50. The van der Waals surface area contributed by atoms with E-state index in [1.165, 1.54) is 27.3 Å². The van der Waals surface area contributed by atoms with Crippen molar-refractivity contribution in [1.29, 1.82) is 0 Å². The van der Waals surface area contributed by atoms with Crippen LogP contribution in [-0.4, -0.2) is 36.6 Å². The molecular weight excluding hydrogens is 518 g/mol. The Balaban J connectivity index is 1.60. The average Bonchev–Trinajstić information content (AvgIpc) is 3.02. The average molecular weight is 566 g/mol. The molecule has 3 nitrogen and oxygen atoms in total. The third kappa shape index (κ3) is 11.9. The van der Waals surface area contributed by atoms with Crippen LogP contribution in [0.2, 0.25) is 0 Å². The molecule has 0 heterocycles. The Labute approximate surface area is 253 Å². The van der Waals surface area contributed by atoms with Crippen LogP contribution >= 0.6 is 11.8 Å². The maximum Gasteiger partial charge on any atom is 0.0679 e. The van der Waals surface area contributed by atoms with Crippen LogP contribution in [0.5, 0.6) is 0 Å². The van der Waals surface area contributed by atoms with Crippen molar-refractivity contribution in [2.75, 3.05) is 20.6 Å². The molecule has 0 fully saturated rings. The Morgan fingerprint density at radius 2 is 1.37 bits per heavy atom. The molecule has 0 aliphatic carbocycles. The van der Waals surface area contributed by atoms with Crippen LogP contribution in [0.15, 0.2) is 133 Å². The van der Waals surface area contributed by atoms with Crippen molar-refractivity contribution in [3.05, 3.63) is 144 Å². The minimum Gasteiger partial charge on any atom is -0.392 e. The minimum atomic E-state index is 0.195. The van der Waals surface area contributed by atoms with Gasteiger partial charge in [-0.15, -0.1) is 11.8 Å². The lowest BCUT2D eigenvalue weighted by Gasteiger charge is -2.34.